The minimum Gasteiger partial charge on any atom is -0.505 e. The zero-order chi connectivity index (χ0) is 15.5. The maximum absolute atomic E-state index is 12.3. The number of morpholine rings is 1. The SMILES string of the molecule is Cc1c(C(=O)OC2CC=CC2)ccc(N2CCOCC2)c1O. The van der Waals surface area contributed by atoms with Crippen molar-refractivity contribution in [1.82, 2.24) is 0 Å². The second-order valence-corrected chi connectivity index (χ2v) is 5.68. The number of benzene rings is 1. The number of phenolic OH excluding ortho intramolecular Hbond substituents is 1. The first kappa shape index (κ1) is 14.9. The largest absolute Gasteiger partial charge is 0.505 e. The normalized spacial score (nSPS) is 18.7. The van der Waals surface area contributed by atoms with E-state index in [9.17, 15) is 9.90 Å². The second-order valence-electron chi connectivity index (χ2n) is 5.68. The lowest BCUT2D eigenvalue weighted by molar-refractivity contribution is 0.0329. The number of anilines is 1. The molecule has 1 aliphatic heterocycles. The van der Waals surface area contributed by atoms with Gasteiger partial charge in [0.15, 0.2) is 0 Å². The summed E-state index contributed by atoms with van der Waals surface area (Å²) in [6, 6.07) is 3.53. The molecule has 1 heterocycles. The van der Waals surface area contributed by atoms with Gasteiger partial charge in [-0.2, -0.15) is 0 Å². The smallest absolute Gasteiger partial charge is 0.338 e. The van der Waals surface area contributed by atoms with Crippen LogP contribution in [0.5, 0.6) is 5.75 Å². The molecule has 1 aliphatic carbocycles. The molecule has 1 saturated heterocycles. The monoisotopic (exact) mass is 303 g/mol. The third-order valence-corrected chi connectivity index (χ3v) is 4.22. The predicted octanol–water partition coefficient (Wildman–Crippen LogP) is 2.41. The Morgan fingerprint density at radius 2 is 1.95 bits per heavy atom. The van der Waals surface area contributed by atoms with Crippen LogP contribution in [0.2, 0.25) is 0 Å². The number of nitrogens with zero attached hydrogens (tertiary/aromatic N) is 1. The fourth-order valence-electron chi connectivity index (χ4n) is 2.87. The summed E-state index contributed by atoms with van der Waals surface area (Å²) in [5, 5.41) is 10.4. The summed E-state index contributed by atoms with van der Waals surface area (Å²) in [4.78, 5) is 14.3. The Morgan fingerprint density at radius 3 is 2.64 bits per heavy atom. The van der Waals surface area contributed by atoms with E-state index in [4.69, 9.17) is 9.47 Å². The van der Waals surface area contributed by atoms with Gasteiger partial charge in [0.1, 0.15) is 11.9 Å². The Labute approximate surface area is 130 Å². The van der Waals surface area contributed by atoms with Crippen molar-refractivity contribution in [3.05, 3.63) is 35.4 Å². The van der Waals surface area contributed by atoms with E-state index in [2.05, 4.69) is 4.90 Å². The van der Waals surface area contributed by atoms with Crippen molar-refractivity contribution in [2.45, 2.75) is 25.9 Å². The topological polar surface area (TPSA) is 59.0 Å². The number of esters is 1. The number of phenols is 1. The van der Waals surface area contributed by atoms with Gasteiger partial charge in [0.05, 0.1) is 24.5 Å². The highest BCUT2D eigenvalue weighted by Gasteiger charge is 2.22. The molecule has 5 heteroatoms. The van der Waals surface area contributed by atoms with Crippen molar-refractivity contribution in [3.8, 4) is 5.75 Å². The molecule has 2 aliphatic rings. The summed E-state index contributed by atoms with van der Waals surface area (Å²) in [7, 11) is 0. The second kappa shape index (κ2) is 6.40. The first-order valence-electron chi connectivity index (χ1n) is 7.68. The molecule has 0 saturated carbocycles. The Bertz CT molecular complexity index is 583. The lowest BCUT2D eigenvalue weighted by Crippen LogP contribution is -2.36. The maximum Gasteiger partial charge on any atom is 0.338 e. The van der Waals surface area contributed by atoms with Crippen LogP contribution in [0.3, 0.4) is 0 Å². The van der Waals surface area contributed by atoms with E-state index in [1.54, 1.807) is 19.1 Å². The summed E-state index contributed by atoms with van der Waals surface area (Å²) in [5.41, 5.74) is 1.75. The molecule has 1 aromatic carbocycles. The number of ether oxygens (including phenoxy) is 2. The minimum atomic E-state index is -0.366. The maximum atomic E-state index is 12.3. The van der Waals surface area contributed by atoms with Gasteiger partial charge in [0.25, 0.3) is 0 Å². The van der Waals surface area contributed by atoms with E-state index in [1.807, 2.05) is 12.2 Å². The van der Waals surface area contributed by atoms with Gasteiger partial charge in [-0.3, -0.25) is 0 Å². The molecule has 118 valence electrons. The van der Waals surface area contributed by atoms with Gasteiger partial charge < -0.3 is 19.5 Å². The van der Waals surface area contributed by atoms with E-state index < -0.39 is 0 Å². The third kappa shape index (κ3) is 2.95. The molecule has 0 bridgehead atoms. The zero-order valence-corrected chi connectivity index (χ0v) is 12.7. The van der Waals surface area contributed by atoms with Crippen LogP contribution < -0.4 is 4.90 Å². The average Bonchev–Trinajstić information content (AvgIpc) is 3.03. The summed E-state index contributed by atoms with van der Waals surface area (Å²) in [6.45, 7) is 4.53. The quantitative estimate of drug-likeness (QED) is 0.686. The van der Waals surface area contributed by atoms with Crippen LogP contribution in [0.25, 0.3) is 0 Å². The molecule has 1 fully saturated rings. The first-order chi connectivity index (χ1) is 10.7. The molecule has 0 spiro atoms. The molecule has 22 heavy (non-hydrogen) atoms. The van der Waals surface area contributed by atoms with Crippen molar-refractivity contribution in [2.24, 2.45) is 0 Å². The van der Waals surface area contributed by atoms with Crippen LogP contribution >= 0.6 is 0 Å². The standard InChI is InChI=1S/C17H21NO4/c1-12-14(17(20)22-13-4-2-3-5-13)6-7-15(16(12)19)18-8-10-21-11-9-18/h2-3,6-7,13,19H,4-5,8-11H2,1H3. The van der Waals surface area contributed by atoms with Crippen molar-refractivity contribution in [3.63, 3.8) is 0 Å². The molecule has 0 unspecified atom stereocenters. The van der Waals surface area contributed by atoms with Gasteiger partial charge in [0, 0.05) is 31.5 Å². The number of carbonyl (C=O) groups is 1. The molecule has 0 aromatic heterocycles. The lowest BCUT2D eigenvalue weighted by Gasteiger charge is -2.30. The molecule has 0 atom stereocenters. The predicted molar refractivity (Wildman–Crippen MR) is 83.5 cm³/mol. The molecule has 1 N–H and O–H groups in total. The van der Waals surface area contributed by atoms with E-state index in [0.29, 0.717) is 24.3 Å². The minimum absolute atomic E-state index is 0.0760. The van der Waals surface area contributed by atoms with Crippen molar-refractivity contribution < 1.29 is 19.4 Å². The lowest BCUT2D eigenvalue weighted by atomic mass is 10.1. The Balaban J connectivity index is 1.78. The van der Waals surface area contributed by atoms with Crippen molar-refractivity contribution in [2.75, 3.05) is 31.2 Å². The zero-order valence-electron chi connectivity index (χ0n) is 12.7. The first-order valence-corrected chi connectivity index (χ1v) is 7.68. The molecule has 0 amide bonds. The highest BCUT2D eigenvalue weighted by atomic mass is 16.5. The van der Waals surface area contributed by atoms with Gasteiger partial charge in [-0.15, -0.1) is 0 Å². The molecule has 0 radical (unpaired) electrons. The van der Waals surface area contributed by atoms with Crippen LogP contribution in [-0.2, 0) is 9.47 Å². The van der Waals surface area contributed by atoms with E-state index in [1.165, 1.54) is 0 Å². The summed E-state index contributed by atoms with van der Waals surface area (Å²) >= 11 is 0. The summed E-state index contributed by atoms with van der Waals surface area (Å²) in [5.74, 6) is -0.212. The van der Waals surface area contributed by atoms with E-state index in [-0.39, 0.29) is 17.8 Å². The Kier molecular flexibility index (Phi) is 4.34. The number of rotatable bonds is 3. The third-order valence-electron chi connectivity index (χ3n) is 4.22. The molecular formula is C17H21NO4. The molecule has 3 rings (SSSR count). The van der Waals surface area contributed by atoms with Gasteiger partial charge in [-0.1, -0.05) is 12.2 Å². The van der Waals surface area contributed by atoms with Gasteiger partial charge in [-0.05, 0) is 19.1 Å². The van der Waals surface area contributed by atoms with Crippen LogP contribution in [-0.4, -0.2) is 43.5 Å². The Hall–Kier alpha value is -2.01. The molecule has 5 nitrogen and oxygen atoms in total. The number of carbonyl (C=O) groups excluding carboxylic acids is 1. The fraction of sp³-hybridized carbons (Fsp3) is 0.471. The van der Waals surface area contributed by atoms with Gasteiger partial charge in [0.2, 0.25) is 0 Å². The summed E-state index contributed by atoms with van der Waals surface area (Å²) < 4.78 is 10.8. The van der Waals surface area contributed by atoms with Crippen molar-refractivity contribution >= 4 is 11.7 Å². The van der Waals surface area contributed by atoms with Crippen LogP contribution in [0, 0.1) is 6.92 Å². The molecular weight excluding hydrogens is 282 g/mol. The van der Waals surface area contributed by atoms with E-state index >= 15 is 0 Å². The number of aromatic hydroxyl groups is 1. The van der Waals surface area contributed by atoms with Crippen LogP contribution in [0.1, 0.15) is 28.8 Å². The Morgan fingerprint density at radius 1 is 1.27 bits per heavy atom. The van der Waals surface area contributed by atoms with Crippen molar-refractivity contribution in [1.29, 1.82) is 0 Å². The highest BCUT2D eigenvalue weighted by Crippen LogP contribution is 2.34. The fourth-order valence-corrected chi connectivity index (χ4v) is 2.87. The van der Waals surface area contributed by atoms with E-state index in [0.717, 1.165) is 31.6 Å². The summed E-state index contributed by atoms with van der Waals surface area (Å²) in [6.07, 6.45) is 5.49. The number of hydrogen-bond acceptors (Lipinski definition) is 5. The number of hydrogen-bond donors (Lipinski definition) is 1. The molecule has 1 aromatic rings. The van der Waals surface area contributed by atoms with Gasteiger partial charge >= 0.3 is 5.97 Å². The highest BCUT2D eigenvalue weighted by molar-refractivity contribution is 5.93. The van der Waals surface area contributed by atoms with Crippen LogP contribution in [0.15, 0.2) is 24.3 Å². The van der Waals surface area contributed by atoms with Crippen LogP contribution in [0.4, 0.5) is 5.69 Å². The van der Waals surface area contributed by atoms with Gasteiger partial charge in [-0.25, -0.2) is 4.79 Å². The average molecular weight is 303 g/mol.